The minimum absolute atomic E-state index is 0.0787. The Morgan fingerprint density at radius 1 is 1.23 bits per heavy atom. The summed E-state index contributed by atoms with van der Waals surface area (Å²) in [5, 5.41) is 0. The minimum atomic E-state index is -3.88. The molecule has 0 aromatic heterocycles. The molecule has 0 fully saturated rings. The summed E-state index contributed by atoms with van der Waals surface area (Å²) >= 11 is 0. The SMILES string of the molecule is Nc1ccc(S(=O)(=O)N=C=O)cc1. The summed E-state index contributed by atoms with van der Waals surface area (Å²) in [5.41, 5.74) is 5.78. The van der Waals surface area contributed by atoms with Crippen molar-refractivity contribution in [2.45, 2.75) is 4.90 Å². The maximum absolute atomic E-state index is 11.1. The van der Waals surface area contributed by atoms with Crippen LogP contribution in [0.1, 0.15) is 0 Å². The summed E-state index contributed by atoms with van der Waals surface area (Å²) in [6, 6.07) is 5.36. The Labute approximate surface area is 75.0 Å². The number of hydrogen-bond acceptors (Lipinski definition) is 4. The van der Waals surface area contributed by atoms with Crippen molar-refractivity contribution >= 4 is 21.8 Å². The first kappa shape index (κ1) is 9.44. The number of nitrogens with two attached hydrogens (primary N) is 1. The zero-order chi connectivity index (χ0) is 9.90. The number of carbonyl (C=O) groups excluding carboxylic acids is 1. The maximum atomic E-state index is 11.1. The molecule has 0 aliphatic rings. The standard InChI is InChI=1S/C7H6N2O3S/c8-6-1-3-7(4-2-6)13(11,12)9-5-10/h1-4H,8H2. The molecule has 68 valence electrons. The van der Waals surface area contributed by atoms with Gasteiger partial charge in [0, 0.05) is 5.69 Å². The van der Waals surface area contributed by atoms with E-state index in [1.165, 1.54) is 24.3 Å². The van der Waals surface area contributed by atoms with Crippen molar-refractivity contribution in [3.63, 3.8) is 0 Å². The Balaban J connectivity index is 3.24. The van der Waals surface area contributed by atoms with Gasteiger partial charge in [-0.2, -0.15) is 8.42 Å². The fourth-order valence-electron chi connectivity index (χ4n) is 0.742. The lowest BCUT2D eigenvalue weighted by Crippen LogP contribution is -1.96. The molecule has 0 aliphatic heterocycles. The third-order valence-electron chi connectivity index (χ3n) is 1.34. The van der Waals surface area contributed by atoms with Gasteiger partial charge in [0.05, 0.1) is 4.90 Å². The molecule has 0 aliphatic carbocycles. The number of isocyanates is 1. The first-order chi connectivity index (χ1) is 6.06. The molecule has 0 radical (unpaired) electrons. The van der Waals surface area contributed by atoms with Crippen LogP contribution >= 0.6 is 0 Å². The number of sulfonamides is 1. The van der Waals surface area contributed by atoms with E-state index in [1.54, 1.807) is 0 Å². The van der Waals surface area contributed by atoms with Crippen LogP contribution in [0.5, 0.6) is 0 Å². The average molecular weight is 198 g/mol. The van der Waals surface area contributed by atoms with Crippen LogP contribution in [0.3, 0.4) is 0 Å². The number of anilines is 1. The van der Waals surface area contributed by atoms with E-state index >= 15 is 0 Å². The van der Waals surface area contributed by atoms with Gasteiger partial charge in [-0.05, 0) is 24.3 Å². The molecule has 0 bridgehead atoms. The molecule has 1 rings (SSSR count). The van der Waals surface area contributed by atoms with Crippen LogP contribution in [-0.4, -0.2) is 14.5 Å². The quantitative estimate of drug-likeness (QED) is 0.420. The lowest BCUT2D eigenvalue weighted by molar-refractivity contribution is 0.563. The third-order valence-corrected chi connectivity index (χ3v) is 2.52. The molecule has 0 saturated carbocycles. The lowest BCUT2D eigenvalue weighted by Gasteiger charge is -1.96. The second-order valence-corrected chi connectivity index (χ2v) is 3.83. The second kappa shape index (κ2) is 3.38. The summed E-state index contributed by atoms with van der Waals surface area (Å²) in [4.78, 5) is 9.69. The van der Waals surface area contributed by atoms with Gasteiger partial charge in [0.15, 0.2) is 0 Å². The van der Waals surface area contributed by atoms with Crippen LogP contribution in [-0.2, 0) is 14.8 Å². The first-order valence-electron chi connectivity index (χ1n) is 3.26. The Kier molecular flexibility index (Phi) is 2.46. The van der Waals surface area contributed by atoms with E-state index in [9.17, 15) is 13.2 Å². The Bertz CT molecular complexity index is 443. The largest absolute Gasteiger partial charge is 0.399 e. The number of nitrogens with zero attached hydrogens (tertiary/aromatic N) is 1. The van der Waals surface area contributed by atoms with E-state index < -0.39 is 10.0 Å². The summed E-state index contributed by atoms with van der Waals surface area (Å²) in [7, 11) is -3.88. The van der Waals surface area contributed by atoms with E-state index in [0.29, 0.717) is 5.69 Å². The van der Waals surface area contributed by atoms with Gasteiger partial charge in [-0.1, -0.05) is 4.40 Å². The molecule has 0 heterocycles. The predicted octanol–water partition coefficient (Wildman–Crippen LogP) is 0.293. The highest BCUT2D eigenvalue weighted by Gasteiger charge is 2.10. The van der Waals surface area contributed by atoms with Crippen molar-refractivity contribution in [1.29, 1.82) is 0 Å². The molecule has 5 nitrogen and oxygen atoms in total. The van der Waals surface area contributed by atoms with Gasteiger partial charge in [-0.15, -0.1) is 0 Å². The molecule has 1 aromatic carbocycles. The van der Waals surface area contributed by atoms with Crippen LogP contribution in [0.25, 0.3) is 0 Å². The van der Waals surface area contributed by atoms with Gasteiger partial charge in [0.25, 0.3) is 16.1 Å². The van der Waals surface area contributed by atoms with Crippen molar-refractivity contribution in [1.82, 2.24) is 0 Å². The van der Waals surface area contributed by atoms with Crippen LogP contribution in [0.15, 0.2) is 33.6 Å². The normalized spacial score (nSPS) is 10.5. The number of nitrogen functional groups attached to an aromatic ring is 1. The maximum Gasteiger partial charge on any atom is 0.292 e. The van der Waals surface area contributed by atoms with Gasteiger partial charge >= 0.3 is 0 Å². The van der Waals surface area contributed by atoms with Gasteiger partial charge in [-0.25, -0.2) is 4.79 Å². The van der Waals surface area contributed by atoms with Crippen molar-refractivity contribution in [2.24, 2.45) is 4.40 Å². The number of benzene rings is 1. The molecule has 0 amide bonds. The molecular weight excluding hydrogens is 192 g/mol. The zero-order valence-corrected chi connectivity index (χ0v) is 7.28. The minimum Gasteiger partial charge on any atom is -0.399 e. The Morgan fingerprint density at radius 2 is 1.77 bits per heavy atom. The van der Waals surface area contributed by atoms with Gasteiger partial charge < -0.3 is 5.73 Å². The highest BCUT2D eigenvalue weighted by atomic mass is 32.2. The molecule has 13 heavy (non-hydrogen) atoms. The summed E-state index contributed by atoms with van der Waals surface area (Å²) in [6.45, 7) is 0. The number of hydrogen-bond donors (Lipinski definition) is 1. The van der Waals surface area contributed by atoms with Gasteiger partial charge in [0.1, 0.15) is 0 Å². The Hall–Kier alpha value is -1.65. The molecule has 6 heteroatoms. The molecule has 2 N–H and O–H groups in total. The van der Waals surface area contributed by atoms with Crippen molar-refractivity contribution in [3.05, 3.63) is 24.3 Å². The smallest absolute Gasteiger partial charge is 0.292 e. The van der Waals surface area contributed by atoms with E-state index in [-0.39, 0.29) is 4.90 Å². The van der Waals surface area contributed by atoms with Crippen molar-refractivity contribution < 1.29 is 13.2 Å². The van der Waals surface area contributed by atoms with E-state index in [1.807, 2.05) is 0 Å². The fourth-order valence-corrected chi connectivity index (χ4v) is 1.43. The van der Waals surface area contributed by atoms with Gasteiger partial charge in [-0.3, -0.25) is 0 Å². The fraction of sp³-hybridized carbons (Fsp3) is 0. The predicted molar refractivity (Wildman–Crippen MR) is 46.2 cm³/mol. The van der Waals surface area contributed by atoms with Crippen LogP contribution in [0.2, 0.25) is 0 Å². The summed E-state index contributed by atoms with van der Waals surface area (Å²) in [5.74, 6) is 0. The highest BCUT2D eigenvalue weighted by Crippen LogP contribution is 2.13. The molecular formula is C7H6N2O3S. The zero-order valence-electron chi connectivity index (χ0n) is 6.47. The Morgan fingerprint density at radius 3 is 2.23 bits per heavy atom. The van der Waals surface area contributed by atoms with Crippen molar-refractivity contribution in [3.8, 4) is 0 Å². The molecule has 0 atom stereocenters. The highest BCUT2D eigenvalue weighted by molar-refractivity contribution is 7.90. The lowest BCUT2D eigenvalue weighted by atomic mass is 10.3. The first-order valence-corrected chi connectivity index (χ1v) is 4.70. The number of rotatable bonds is 2. The van der Waals surface area contributed by atoms with Crippen molar-refractivity contribution in [2.75, 3.05) is 5.73 Å². The molecule has 0 unspecified atom stereocenters. The molecule has 1 aromatic rings. The third kappa shape index (κ3) is 2.14. The monoisotopic (exact) mass is 198 g/mol. The van der Waals surface area contributed by atoms with Gasteiger partial charge in [0.2, 0.25) is 0 Å². The van der Waals surface area contributed by atoms with Crippen LogP contribution in [0, 0.1) is 0 Å². The summed E-state index contributed by atoms with van der Waals surface area (Å²) in [6.07, 6.45) is 0.977. The van der Waals surface area contributed by atoms with E-state index in [2.05, 4.69) is 4.40 Å². The summed E-state index contributed by atoms with van der Waals surface area (Å²) < 4.78 is 24.8. The molecule has 0 saturated heterocycles. The topological polar surface area (TPSA) is 89.6 Å². The van der Waals surface area contributed by atoms with Crippen LogP contribution < -0.4 is 5.73 Å². The van der Waals surface area contributed by atoms with E-state index in [4.69, 9.17) is 5.73 Å². The second-order valence-electron chi connectivity index (χ2n) is 2.23. The molecule has 0 spiro atoms. The average Bonchev–Trinajstić information content (AvgIpc) is 2.05. The van der Waals surface area contributed by atoms with E-state index in [0.717, 1.165) is 6.08 Å². The van der Waals surface area contributed by atoms with Crippen LogP contribution in [0.4, 0.5) is 5.69 Å².